The molecule has 0 saturated carbocycles. The van der Waals surface area contributed by atoms with E-state index >= 15 is 0 Å². The zero-order valence-electron chi connectivity index (χ0n) is 8.39. The minimum Gasteiger partial charge on any atom is -0.364 e. The molecule has 0 bridgehead atoms. The van der Waals surface area contributed by atoms with Gasteiger partial charge in [-0.3, -0.25) is 4.79 Å². The Labute approximate surface area is 88.1 Å². The highest BCUT2D eigenvalue weighted by atomic mass is 16.1. The Bertz CT molecular complexity index is 379. The summed E-state index contributed by atoms with van der Waals surface area (Å²) in [6, 6.07) is 5.46. The SMILES string of the molecule is NC(=O)c1cccc(N2CC[C@@H](N)C2)n1. The van der Waals surface area contributed by atoms with Crippen LogP contribution >= 0.6 is 0 Å². The number of primary amides is 1. The van der Waals surface area contributed by atoms with E-state index in [1.807, 2.05) is 6.07 Å². The summed E-state index contributed by atoms with van der Waals surface area (Å²) in [6.45, 7) is 1.67. The fourth-order valence-electron chi connectivity index (χ4n) is 1.73. The number of hydrogen-bond donors (Lipinski definition) is 2. The van der Waals surface area contributed by atoms with E-state index in [-0.39, 0.29) is 6.04 Å². The summed E-state index contributed by atoms with van der Waals surface area (Å²) in [6.07, 6.45) is 0.961. The topological polar surface area (TPSA) is 85.2 Å². The summed E-state index contributed by atoms with van der Waals surface area (Å²) in [4.78, 5) is 17.2. The third-order valence-corrected chi connectivity index (χ3v) is 2.54. The first-order valence-electron chi connectivity index (χ1n) is 4.94. The highest BCUT2D eigenvalue weighted by Gasteiger charge is 2.20. The number of amides is 1. The van der Waals surface area contributed by atoms with E-state index in [0.29, 0.717) is 5.69 Å². The molecule has 1 atom stereocenters. The number of carbonyl (C=O) groups excluding carboxylic acids is 1. The number of anilines is 1. The van der Waals surface area contributed by atoms with Crippen molar-refractivity contribution >= 4 is 11.7 Å². The second-order valence-electron chi connectivity index (χ2n) is 3.74. The monoisotopic (exact) mass is 206 g/mol. The van der Waals surface area contributed by atoms with Gasteiger partial charge in [0, 0.05) is 19.1 Å². The van der Waals surface area contributed by atoms with Gasteiger partial charge in [-0.2, -0.15) is 0 Å². The van der Waals surface area contributed by atoms with Crippen molar-refractivity contribution in [3.8, 4) is 0 Å². The number of nitrogens with two attached hydrogens (primary N) is 2. The van der Waals surface area contributed by atoms with Crippen LogP contribution in [0.5, 0.6) is 0 Å². The lowest BCUT2D eigenvalue weighted by molar-refractivity contribution is 0.0995. The van der Waals surface area contributed by atoms with Crippen molar-refractivity contribution in [3.63, 3.8) is 0 Å². The van der Waals surface area contributed by atoms with Crippen LogP contribution in [0.2, 0.25) is 0 Å². The molecule has 1 aliphatic rings. The summed E-state index contributed by atoms with van der Waals surface area (Å²) in [5, 5.41) is 0. The van der Waals surface area contributed by atoms with Crippen LogP contribution in [0.25, 0.3) is 0 Å². The fraction of sp³-hybridized carbons (Fsp3) is 0.400. The third-order valence-electron chi connectivity index (χ3n) is 2.54. The lowest BCUT2D eigenvalue weighted by atomic mass is 10.3. The van der Waals surface area contributed by atoms with Crippen molar-refractivity contribution in [2.24, 2.45) is 11.5 Å². The molecule has 1 aliphatic heterocycles. The van der Waals surface area contributed by atoms with Gasteiger partial charge in [0.1, 0.15) is 11.5 Å². The van der Waals surface area contributed by atoms with E-state index < -0.39 is 5.91 Å². The minimum absolute atomic E-state index is 0.198. The molecule has 5 nitrogen and oxygen atoms in total. The summed E-state index contributed by atoms with van der Waals surface area (Å²) in [5.74, 6) is 0.277. The second kappa shape index (κ2) is 3.86. The number of nitrogens with zero attached hydrogens (tertiary/aromatic N) is 2. The summed E-state index contributed by atoms with van der Waals surface area (Å²) < 4.78 is 0. The molecule has 2 rings (SSSR count). The van der Waals surface area contributed by atoms with Gasteiger partial charge in [0.15, 0.2) is 0 Å². The van der Waals surface area contributed by atoms with Crippen molar-refractivity contribution in [1.29, 1.82) is 0 Å². The van der Waals surface area contributed by atoms with Crippen molar-refractivity contribution in [3.05, 3.63) is 23.9 Å². The van der Waals surface area contributed by atoms with Crippen LogP contribution < -0.4 is 16.4 Å². The van der Waals surface area contributed by atoms with Crippen LogP contribution in [0.3, 0.4) is 0 Å². The van der Waals surface area contributed by atoms with Gasteiger partial charge in [-0.05, 0) is 18.6 Å². The zero-order valence-corrected chi connectivity index (χ0v) is 8.39. The first-order chi connectivity index (χ1) is 7.16. The Kier molecular flexibility index (Phi) is 2.55. The molecule has 1 fully saturated rings. The van der Waals surface area contributed by atoms with E-state index in [2.05, 4.69) is 9.88 Å². The third kappa shape index (κ3) is 2.07. The molecule has 0 spiro atoms. The quantitative estimate of drug-likeness (QED) is 0.696. The second-order valence-corrected chi connectivity index (χ2v) is 3.74. The van der Waals surface area contributed by atoms with E-state index in [1.54, 1.807) is 12.1 Å². The normalized spacial score (nSPS) is 20.6. The Morgan fingerprint density at radius 2 is 2.33 bits per heavy atom. The van der Waals surface area contributed by atoms with Crippen LogP contribution in [0, 0.1) is 0 Å². The van der Waals surface area contributed by atoms with Gasteiger partial charge < -0.3 is 16.4 Å². The Hall–Kier alpha value is -1.62. The molecule has 80 valence electrons. The van der Waals surface area contributed by atoms with Crippen LogP contribution in [0.4, 0.5) is 5.82 Å². The smallest absolute Gasteiger partial charge is 0.267 e. The van der Waals surface area contributed by atoms with E-state index in [1.165, 1.54) is 0 Å². The van der Waals surface area contributed by atoms with Crippen molar-refractivity contribution < 1.29 is 4.79 Å². The van der Waals surface area contributed by atoms with Gasteiger partial charge in [0.05, 0.1) is 0 Å². The van der Waals surface area contributed by atoms with E-state index in [0.717, 1.165) is 25.3 Å². The number of aromatic nitrogens is 1. The maximum absolute atomic E-state index is 10.9. The largest absolute Gasteiger partial charge is 0.364 e. The first-order valence-corrected chi connectivity index (χ1v) is 4.94. The Balaban J connectivity index is 2.21. The molecule has 0 unspecified atom stereocenters. The van der Waals surface area contributed by atoms with Crippen LogP contribution in [-0.2, 0) is 0 Å². The molecule has 2 heterocycles. The number of pyridine rings is 1. The first kappa shape index (κ1) is 9.92. The summed E-state index contributed by atoms with van der Waals surface area (Å²) in [5.41, 5.74) is 11.3. The van der Waals surface area contributed by atoms with E-state index in [4.69, 9.17) is 11.5 Å². The Morgan fingerprint density at radius 3 is 2.93 bits per heavy atom. The fourth-order valence-corrected chi connectivity index (χ4v) is 1.73. The molecular formula is C10H14N4O. The van der Waals surface area contributed by atoms with Gasteiger partial charge in [0.25, 0.3) is 5.91 Å². The molecule has 1 saturated heterocycles. The van der Waals surface area contributed by atoms with Crippen molar-refractivity contribution in [1.82, 2.24) is 4.98 Å². The standard InChI is InChI=1S/C10H14N4O/c11-7-4-5-14(6-7)9-3-1-2-8(13-9)10(12)15/h1-3,7H,4-6,11H2,(H2,12,15)/t7-/m1/s1. The predicted octanol–water partition coefficient (Wildman–Crippen LogP) is -0.282. The maximum atomic E-state index is 10.9. The highest BCUT2D eigenvalue weighted by molar-refractivity contribution is 5.91. The Morgan fingerprint density at radius 1 is 1.53 bits per heavy atom. The number of rotatable bonds is 2. The molecule has 0 radical (unpaired) electrons. The van der Waals surface area contributed by atoms with Crippen LogP contribution in [0.15, 0.2) is 18.2 Å². The van der Waals surface area contributed by atoms with E-state index in [9.17, 15) is 4.79 Å². The molecular weight excluding hydrogens is 192 g/mol. The lowest BCUT2D eigenvalue weighted by Crippen LogP contribution is -2.27. The minimum atomic E-state index is -0.500. The summed E-state index contributed by atoms with van der Waals surface area (Å²) in [7, 11) is 0. The van der Waals surface area contributed by atoms with Gasteiger partial charge in [0.2, 0.25) is 0 Å². The van der Waals surface area contributed by atoms with Gasteiger partial charge >= 0.3 is 0 Å². The molecule has 1 amide bonds. The molecule has 1 aromatic rings. The average molecular weight is 206 g/mol. The van der Waals surface area contributed by atoms with Crippen LogP contribution in [-0.4, -0.2) is 30.0 Å². The molecule has 0 aromatic carbocycles. The molecule has 1 aromatic heterocycles. The summed E-state index contributed by atoms with van der Waals surface area (Å²) >= 11 is 0. The van der Waals surface area contributed by atoms with Crippen molar-refractivity contribution in [2.45, 2.75) is 12.5 Å². The number of hydrogen-bond acceptors (Lipinski definition) is 4. The maximum Gasteiger partial charge on any atom is 0.267 e. The number of carbonyl (C=O) groups is 1. The van der Waals surface area contributed by atoms with Crippen LogP contribution in [0.1, 0.15) is 16.9 Å². The predicted molar refractivity (Wildman–Crippen MR) is 57.6 cm³/mol. The highest BCUT2D eigenvalue weighted by Crippen LogP contribution is 2.17. The molecule has 4 N–H and O–H groups in total. The average Bonchev–Trinajstić information content (AvgIpc) is 2.65. The molecule has 15 heavy (non-hydrogen) atoms. The zero-order chi connectivity index (χ0) is 10.8. The van der Waals surface area contributed by atoms with Gasteiger partial charge in [-0.15, -0.1) is 0 Å². The van der Waals surface area contributed by atoms with Gasteiger partial charge in [-0.25, -0.2) is 4.98 Å². The lowest BCUT2D eigenvalue weighted by Gasteiger charge is -2.16. The molecule has 5 heteroatoms. The van der Waals surface area contributed by atoms with Crippen molar-refractivity contribution in [2.75, 3.05) is 18.0 Å². The molecule has 0 aliphatic carbocycles. The van der Waals surface area contributed by atoms with Gasteiger partial charge in [-0.1, -0.05) is 6.07 Å².